The normalized spacial score (nSPS) is 11.3. The molecule has 6 nitrogen and oxygen atoms in total. The number of hydrogen-bond acceptors (Lipinski definition) is 6. The van der Waals surface area contributed by atoms with Gasteiger partial charge in [-0.15, -0.1) is 0 Å². The summed E-state index contributed by atoms with van der Waals surface area (Å²) in [6.45, 7) is 2.55. The fourth-order valence-corrected chi connectivity index (χ4v) is 3.89. The van der Waals surface area contributed by atoms with Crippen LogP contribution < -0.4 is 5.56 Å². The first-order valence-corrected chi connectivity index (χ1v) is 10.3. The number of hydrogen-bond donors (Lipinski definition) is 0. The Morgan fingerprint density at radius 3 is 2.72 bits per heavy atom. The molecule has 0 aliphatic heterocycles. The maximum atomic E-state index is 13.1. The molecule has 9 heteroatoms. The smallest absolute Gasteiger partial charge is 0.262 e. The Labute approximate surface area is 174 Å². The molecule has 2 aromatic carbocycles. The predicted molar refractivity (Wildman–Crippen MR) is 111 cm³/mol. The van der Waals surface area contributed by atoms with Gasteiger partial charge >= 0.3 is 0 Å². The zero-order chi connectivity index (χ0) is 20.4. The van der Waals surface area contributed by atoms with Crippen molar-refractivity contribution < 1.29 is 8.91 Å². The molecule has 0 saturated heterocycles. The van der Waals surface area contributed by atoms with Crippen molar-refractivity contribution >= 4 is 34.3 Å². The molecule has 0 amide bonds. The highest BCUT2D eigenvalue weighted by atomic mass is 35.5. The van der Waals surface area contributed by atoms with E-state index in [0.29, 0.717) is 50.7 Å². The minimum atomic E-state index is -0.329. The van der Waals surface area contributed by atoms with Crippen molar-refractivity contribution in [2.45, 2.75) is 30.8 Å². The SMILES string of the molecule is CCCn1c(SCc2nc(-c3ccc(F)cc3)no2)nc2cc(Cl)ccc2c1=O. The van der Waals surface area contributed by atoms with Crippen molar-refractivity contribution in [3.63, 3.8) is 0 Å². The lowest BCUT2D eigenvalue weighted by Gasteiger charge is -2.11. The van der Waals surface area contributed by atoms with Crippen molar-refractivity contribution in [2.24, 2.45) is 0 Å². The second-order valence-electron chi connectivity index (χ2n) is 6.32. The molecule has 0 spiro atoms. The Hall–Kier alpha value is -2.71. The van der Waals surface area contributed by atoms with Crippen LogP contribution >= 0.6 is 23.4 Å². The van der Waals surface area contributed by atoms with Crippen LogP contribution in [-0.4, -0.2) is 19.7 Å². The van der Waals surface area contributed by atoms with E-state index in [2.05, 4.69) is 15.1 Å². The van der Waals surface area contributed by atoms with E-state index in [-0.39, 0.29) is 11.4 Å². The lowest BCUT2D eigenvalue weighted by atomic mass is 10.2. The third kappa shape index (κ3) is 4.18. The van der Waals surface area contributed by atoms with Gasteiger partial charge in [-0.1, -0.05) is 35.4 Å². The highest BCUT2D eigenvalue weighted by Gasteiger charge is 2.14. The van der Waals surface area contributed by atoms with Gasteiger partial charge in [0.2, 0.25) is 11.7 Å². The Balaban J connectivity index is 1.61. The molecule has 0 radical (unpaired) electrons. The van der Waals surface area contributed by atoms with Gasteiger partial charge < -0.3 is 4.52 Å². The first kappa shape index (κ1) is 19.6. The average molecular weight is 431 g/mol. The lowest BCUT2D eigenvalue weighted by molar-refractivity contribution is 0.391. The maximum Gasteiger partial charge on any atom is 0.262 e. The molecular formula is C20H16ClFN4O2S. The molecule has 2 heterocycles. The molecule has 4 aromatic rings. The van der Waals surface area contributed by atoms with Crippen molar-refractivity contribution in [3.8, 4) is 11.4 Å². The van der Waals surface area contributed by atoms with E-state index in [4.69, 9.17) is 16.1 Å². The van der Waals surface area contributed by atoms with E-state index in [1.807, 2.05) is 6.92 Å². The minimum Gasteiger partial charge on any atom is -0.338 e. The van der Waals surface area contributed by atoms with E-state index in [9.17, 15) is 9.18 Å². The number of fused-ring (bicyclic) bond motifs is 1. The van der Waals surface area contributed by atoms with Crippen LogP contribution in [0.5, 0.6) is 0 Å². The molecule has 0 aliphatic carbocycles. The summed E-state index contributed by atoms with van der Waals surface area (Å²) >= 11 is 7.39. The summed E-state index contributed by atoms with van der Waals surface area (Å²) in [6, 6.07) is 10.9. The second-order valence-corrected chi connectivity index (χ2v) is 7.70. The summed E-state index contributed by atoms with van der Waals surface area (Å²) in [7, 11) is 0. The molecule has 0 saturated carbocycles. The standard InChI is InChI=1S/C20H16ClFN4O2S/c1-2-9-26-19(27)15-8-5-13(21)10-16(15)23-20(26)29-11-17-24-18(25-28-17)12-3-6-14(22)7-4-12/h3-8,10H,2,9,11H2,1H3. The van der Waals surface area contributed by atoms with Gasteiger partial charge in [0, 0.05) is 17.1 Å². The Morgan fingerprint density at radius 1 is 1.17 bits per heavy atom. The zero-order valence-electron chi connectivity index (χ0n) is 15.4. The highest BCUT2D eigenvalue weighted by molar-refractivity contribution is 7.98. The van der Waals surface area contributed by atoms with E-state index in [0.717, 1.165) is 6.42 Å². The van der Waals surface area contributed by atoms with Gasteiger partial charge in [0.1, 0.15) is 5.82 Å². The fourth-order valence-electron chi connectivity index (χ4n) is 2.86. The van der Waals surface area contributed by atoms with Gasteiger partial charge in [0.15, 0.2) is 5.16 Å². The molecule has 0 atom stereocenters. The van der Waals surface area contributed by atoms with Crippen LogP contribution in [0.3, 0.4) is 0 Å². The Morgan fingerprint density at radius 2 is 1.97 bits per heavy atom. The fraction of sp³-hybridized carbons (Fsp3) is 0.200. The summed E-state index contributed by atoms with van der Waals surface area (Å²) in [5.41, 5.74) is 1.11. The van der Waals surface area contributed by atoms with Crippen molar-refractivity contribution in [3.05, 3.63) is 69.5 Å². The molecule has 2 aromatic heterocycles. The molecule has 0 bridgehead atoms. The van der Waals surface area contributed by atoms with E-state index < -0.39 is 0 Å². The molecule has 4 rings (SSSR count). The van der Waals surface area contributed by atoms with Crippen LogP contribution in [0.15, 0.2) is 56.9 Å². The quantitative estimate of drug-likeness (QED) is 0.318. The van der Waals surface area contributed by atoms with E-state index in [1.54, 1.807) is 34.9 Å². The number of rotatable bonds is 6. The molecule has 0 aliphatic rings. The lowest BCUT2D eigenvalue weighted by Crippen LogP contribution is -2.23. The van der Waals surface area contributed by atoms with Crippen LogP contribution in [0, 0.1) is 5.82 Å². The zero-order valence-corrected chi connectivity index (χ0v) is 17.0. The summed E-state index contributed by atoms with van der Waals surface area (Å²) in [5.74, 6) is 0.781. The number of benzene rings is 2. The molecule has 148 valence electrons. The van der Waals surface area contributed by atoms with Gasteiger partial charge in [-0.05, 0) is 48.9 Å². The Kier molecular flexibility index (Phi) is 5.64. The van der Waals surface area contributed by atoms with Crippen LogP contribution in [0.1, 0.15) is 19.2 Å². The van der Waals surface area contributed by atoms with E-state index in [1.165, 1.54) is 23.9 Å². The number of halogens is 2. The first-order valence-electron chi connectivity index (χ1n) is 8.96. The minimum absolute atomic E-state index is 0.103. The van der Waals surface area contributed by atoms with Crippen molar-refractivity contribution in [1.29, 1.82) is 0 Å². The topological polar surface area (TPSA) is 73.8 Å². The van der Waals surface area contributed by atoms with Gasteiger partial charge in [-0.3, -0.25) is 9.36 Å². The largest absolute Gasteiger partial charge is 0.338 e. The predicted octanol–water partition coefficient (Wildman–Crippen LogP) is 4.94. The average Bonchev–Trinajstić information content (AvgIpc) is 3.18. The third-order valence-corrected chi connectivity index (χ3v) is 5.42. The molecular weight excluding hydrogens is 415 g/mol. The van der Waals surface area contributed by atoms with Crippen LogP contribution in [0.4, 0.5) is 4.39 Å². The van der Waals surface area contributed by atoms with Crippen LogP contribution in [0.25, 0.3) is 22.3 Å². The molecule has 29 heavy (non-hydrogen) atoms. The number of nitrogens with zero attached hydrogens (tertiary/aromatic N) is 4. The maximum absolute atomic E-state index is 13.1. The Bertz CT molecular complexity index is 1220. The molecule has 0 fully saturated rings. The van der Waals surface area contributed by atoms with Crippen LogP contribution in [0.2, 0.25) is 5.02 Å². The summed E-state index contributed by atoms with van der Waals surface area (Å²) < 4.78 is 20.0. The van der Waals surface area contributed by atoms with Gasteiger partial charge in [0.05, 0.1) is 16.7 Å². The van der Waals surface area contributed by atoms with E-state index >= 15 is 0 Å². The first-order chi connectivity index (χ1) is 14.0. The van der Waals surface area contributed by atoms with Gasteiger partial charge in [0.25, 0.3) is 5.56 Å². The third-order valence-electron chi connectivity index (χ3n) is 4.22. The number of aromatic nitrogens is 4. The number of thioether (sulfide) groups is 1. The van der Waals surface area contributed by atoms with Crippen molar-refractivity contribution in [2.75, 3.05) is 0 Å². The van der Waals surface area contributed by atoms with Crippen molar-refractivity contribution in [1.82, 2.24) is 19.7 Å². The summed E-state index contributed by atoms with van der Waals surface area (Å²) in [6.07, 6.45) is 0.795. The monoisotopic (exact) mass is 430 g/mol. The van der Waals surface area contributed by atoms with Crippen LogP contribution in [-0.2, 0) is 12.3 Å². The highest BCUT2D eigenvalue weighted by Crippen LogP contribution is 2.24. The second kappa shape index (κ2) is 8.34. The molecule has 0 unspecified atom stereocenters. The summed E-state index contributed by atoms with van der Waals surface area (Å²) in [5, 5.41) is 5.55. The van der Waals surface area contributed by atoms with Gasteiger partial charge in [-0.2, -0.15) is 4.98 Å². The summed E-state index contributed by atoms with van der Waals surface area (Å²) in [4.78, 5) is 21.8. The van der Waals surface area contributed by atoms with Gasteiger partial charge in [-0.25, -0.2) is 9.37 Å². The molecule has 0 N–H and O–H groups in total.